The lowest BCUT2D eigenvalue weighted by Gasteiger charge is -2.39. The monoisotopic (exact) mass is 668 g/mol. The van der Waals surface area contributed by atoms with Gasteiger partial charge in [-0.05, 0) is 84.8 Å². The van der Waals surface area contributed by atoms with Gasteiger partial charge in [0, 0.05) is 40.8 Å². The molecule has 4 aromatic carbocycles. The molecule has 250 valence electrons. The number of aliphatic hydroxyl groups is 1. The molecule has 2 aliphatic rings. The van der Waals surface area contributed by atoms with Crippen molar-refractivity contribution >= 4 is 29.3 Å². The summed E-state index contributed by atoms with van der Waals surface area (Å²) in [4.78, 5) is 38.6. The summed E-state index contributed by atoms with van der Waals surface area (Å²) in [5, 5.41) is 17.3. The summed E-state index contributed by atoms with van der Waals surface area (Å²) in [6.07, 6.45) is 3.31. The van der Waals surface area contributed by atoms with Gasteiger partial charge in [-0.1, -0.05) is 72.3 Å². The summed E-state index contributed by atoms with van der Waals surface area (Å²) >= 11 is 6.02. The number of carbonyl (C=O) groups excluding carboxylic acids is 3. The van der Waals surface area contributed by atoms with Crippen molar-refractivity contribution in [2.75, 3.05) is 13.7 Å². The lowest BCUT2D eigenvalue weighted by molar-refractivity contribution is -0.121. The number of hydrogen-bond donors (Lipinski definition) is 4. The summed E-state index contributed by atoms with van der Waals surface area (Å²) < 4.78 is 4.90. The van der Waals surface area contributed by atoms with Crippen molar-refractivity contribution in [3.05, 3.63) is 136 Å². The minimum Gasteiger partial charge on any atom is -0.497 e. The van der Waals surface area contributed by atoms with Crippen molar-refractivity contribution in [3.63, 3.8) is 0 Å². The van der Waals surface area contributed by atoms with Crippen molar-refractivity contribution in [2.24, 2.45) is 5.73 Å². The molecular weight excluding hydrogens is 628 g/mol. The predicted octanol–water partition coefficient (Wildman–Crippen LogP) is 5.26. The standard InChI is InChI=1S/C30H32ClN3O3.C8H9NO2/c31-24-11-9-20(10-12-24)19-34-26-13-14-27(34)17-25(16-26)33-28(35)18-32-30(37)23-8-4-7-22(15-23)29(36)21-5-2-1-3-6-21;1-11-7-4-2-3-6(5-7)8(9)10/h1-12,15,25-27,29,36H,13-14,16-19H2,(H,32,37)(H,33,35);2-5H,1H3,(H2,9,10)/t25?,26-,27+,29?;. The second-order valence-electron chi connectivity index (χ2n) is 12.1. The number of nitrogens with one attached hydrogen (secondary N) is 2. The molecule has 0 saturated carbocycles. The number of hydrogen-bond acceptors (Lipinski definition) is 6. The number of fused-ring (bicyclic) bond motifs is 2. The van der Waals surface area contributed by atoms with Crippen LogP contribution in [0.25, 0.3) is 0 Å². The van der Waals surface area contributed by atoms with Crippen LogP contribution in [0.2, 0.25) is 5.02 Å². The van der Waals surface area contributed by atoms with E-state index in [0.29, 0.717) is 34.5 Å². The highest BCUT2D eigenvalue weighted by atomic mass is 35.5. The van der Waals surface area contributed by atoms with Crippen LogP contribution in [0.4, 0.5) is 0 Å². The number of rotatable bonds is 10. The van der Waals surface area contributed by atoms with E-state index < -0.39 is 12.0 Å². The number of aliphatic hydroxyl groups excluding tert-OH is 1. The summed E-state index contributed by atoms with van der Waals surface area (Å²) in [6, 6.07) is 31.9. The number of halogens is 1. The van der Waals surface area contributed by atoms with E-state index in [0.717, 1.165) is 42.8 Å². The third-order valence-electron chi connectivity index (χ3n) is 8.87. The molecule has 5 N–H and O–H groups in total. The van der Waals surface area contributed by atoms with Gasteiger partial charge in [0.2, 0.25) is 11.8 Å². The quantitative estimate of drug-likeness (QED) is 0.182. The smallest absolute Gasteiger partial charge is 0.251 e. The largest absolute Gasteiger partial charge is 0.497 e. The fourth-order valence-electron chi connectivity index (χ4n) is 6.45. The average molecular weight is 669 g/mol. The van der Waals surface area contributed by atoms with E-state index >= 15 is 0 Å². The van der Waals surface area contributed by atoms with Gasteiger partial charge < -0.3 is 26.2 Å². The van der Waals surface area contributed by atoms with Crippen LogP contribution in [0, 0.1) is 0 Å². The second-order valence-corrected chi connectivity index (χ2v) is 12.6. The summed E-state index contributed by atoms with van der Waals surface area (Å²) in [5.41, 5.74) is 8.56. The topological polar surface area (TPSA) is 134 Å². The Morgan fingerprint density at radius 1 is 0.875 bits per heavy atom. The van der Waals surface area contributed by atoms with E-state index in [1.165, 1.54) is 5.56 Å². The molecule has 9 nitrogen and oxygen atoms in total. The van der Waals surface area contributed by atoms with E-state index in [9.17, 15) is 19.5 Å². The molecule has 2 unspecified atom stereocenters. The van der Waals surface area contributed by atoms with Crippen LogP contribution < -0.4 is 21.1 Å². The van der Waals surface area contributed by atoms with Crippen LogP contribution in [-0.4, -0.2) is 59.5 Å². The van der Waals surface area contributed by atoms with Crippen molar-refractivity contribution in [2.45, 2.75) is 56.5 Å². The number of amides is 3. The number of nitrogens with two attached hydrogens (primary N) is 1. The van der Waals surface area contributed by atoms with Gasteiger partial charge in [-0.2, -0.15) is 0 Å². The minimum atomic E-state index is -0.821. The first-order valence-electron chi connectivity index (χ1n) is 16.0. The SMILES string of the molecule is COc1cccc(C(N)=O)c1.O=C(CNC(=O)c1cccc(C(O)c2ccccc2)c1)NC1C[C@H]2CC[C@@H](C1)N2Cc1ccc(Cl)cc1. The van der Waals surface area contributed by atoms with Gasteiger partial charge in [-0.3, -0.25) is 19.3 Å². The number of ether oxygens (including phenoxy) is 1. The highest BCUT2D eigenvalue weighted by molar-refractivity contribution is 6.30. The molecule has 0 radical (unpaired) electrons. The molecule has 2 aliphatic heterocycles. The molecule has 0 aromatic heterocycles. The molecule has 2 bridgehead atoms. The maximum atomic E-state index is 12.7. The zero-order chi connectivity index (χ0) is 34.0. The zero-order valence-electron chi connectivity index (χ0n) is 26.8. The van der Waals surface area contributed by atoms with Gasteiger partial charge in [0.1, 0.15) is 11.9 Å². The van der Waals surface area contributed by atoms with Gasteiger partial charge in [0.15, 0.2) is 0 Å². The van der Waals surface area contributed by atoms with Crippen molar-refractivity contribution in [1.29, 1.82) is 0 Å². The zero-order valence-corrected chi connectivity index (χ0v) is 27.6. The Morgan fingerprint density at radius 2 is 1.52 bits per heavy atom. The van der Waals surface area contributed by atoms with Crippen molar-refractivity contribution in [3.8, 4) is 5.75 Å². The average Bonchev–Trinajstić information content (AvgIpc) is 3.34. The highest BCUT2D eigenvalue weighted by Gasteiger charge is 2.40. The second kappa shape index (κ2) is 16.4. The van der Waals surface area contributed by atoms with E-state index in [1.807, 2.05) is 42.5 Å². The van der Waals surface area contributed by atoms with Gasteiger partial charge in [0.25, 0.3) is 5.91 Å². The molecular formula is C38H41ClN4O5. The molecule has 3 amide bonds. The number of primary amides is 1. The summed E-state index contributed by atoms with van der Waals surface area (Å²) in [5.74, 6) is -0.315. The molecule has 2 heterocycles. The number of piperidine rings is 1. The van der Waals surface area contributed by atoms with E-state index in [1.54, 1.807) is 55.6 Å². The third-order valence-corrected chi connectivity index (χ3v) is 9.12. The number of carbonyl (C=O) groups is 3. The van der Waals surface area contributed by atoms with Gasteiger partial charge in [0.05, 0.1) is 13.7 Å². The van der Waals surface area contributed by atoms with Crippen LogP contribution in [0.15, 0.2) is 103 Å². The van der Waals surface area contributed by atoms with Gasteiger partial charge in [-0.25, -0.2) is 0 Å². The molecule has 4 aromatic rings. The van der Waals surface area contributed by atoms with Crippen LogP contribution in [0.5, 0.6) is 5.75 Å². The fourth-order valence-corrected chi connectivity index (χ4v) is 6.57. The van der Waals surface area contributed by atoms with E-state index in [-0.39, 0.29) is 24.4 Å². The highest BCUT2D eigenvalue weighted by Crippen LogP contribution is 2.37. The number of nitrogens with zero attached hydrogens (tertiary/aromatic N) is 1. The van der Waals surface area contributed by atoms with E-state index in [4.69, 9.17) is 22.1 Å². The Balaban J connectivity index is 0.000000349. The van der Waals surface area contributed by atoms with E-state index in [2.05, 4.69) is 27.7 Å². The van der Waals surface area contributed by atoms with Gasteiger partial charge >= 0.3 is 0 Å². The maximum Gasteiger partial charge on any atom is 0.251 e. The lowest BCUT2D eigenvalue weighted by Crippen LogP contribution is -2.51. The molecule has 4 atom stereocenters. The Labute approximate surface area is 286 Å². The molecule has 48 heavy (non-hydrogen) atoms. The van der Waals surface area contributed by atoms with Crippen LogP contribution >= 0.6 is 11.6 Å². The Bertz CT molecular complexity index is 1690. The third kappa shape index (κ3) is 9.22. The Morgan fingerprint density at radius 3 is 2.19 bits per heavy atom. The molecule has 2 saturated heterocycles. The normalized spacial score (nSPS) is 18.9. The summed E-state index contributed by atoms with van der Waals surface area (Å²) in [7, 11) is 1.54. The minimum absolute atomic E-state index is 0.0787. The van der Waals surface area contributed by atoms with Crippen molar-refractivity contribution < 1.29 is 24.2 Å². The molecule has 2 fully saturated rings. The van der Waals surface area contributed by atoms with Crippen LogP contribution in [0.3, 0.4) is 0 Å². The van der Waals surface area contributed by atoms with Gasteiger partial charge in [-0.15, -0.1) is 0 Å². The lowest BCUT2D eigenvalue weighted by atomic mass is 9.96. The first-order valence-corrected chi connectivity index (χ1v) is 16.4. The number of methoxy groups -OCH3 is 1. The summed E-state index contributed by atoms with van der Waals surface area (Å²) in [6.45, 7) is 0.825. The predicted molar refractivity (Wildman–Crippen MR) is 186 cm³/mol. The van der Waals surface area contributed by atoms with Crippen LogP contribution in [0.1, 0.15) is 69.2 Å². The molecule has 6 rings (SSSR count). The number of benzene rings is 4. The first-order chi connectivity index (χ1) is 23.2. The molecule has 10 heteroatoms. The first kappa shape index (κ1) is 34.6. The fraction of sp³-hybridized carbons (Fsp3) is 0.289. The Hall–Kier alpha value is -4.70. The van der Waals surface area contributed by atoms with Crippen molar-refractivity contribution in [1.82, 2.24) is 15.5 Å². The molecule has 0 aliphatic carbocycles. The molecule has 0 spiro atoms. The Kier molecular flexibility index (Phi) is 11.8. The van der Waals surface area contributed by atoms with Crippen LogP contribution in [-0.2, 0) is 11.3 Å². The maximum absolute atomic E-state index is 12.7.